The van der Waals surface area contributed by atoms with Gasteiger partial charge in [-0.15, -0.1) is 0 Å². The van der Waals surface area contributed by atoms with Crippen LogP contribution in [0.15, 0.2) is 18.2 Å². The van der Waals surface area contributed by atoms with Crippen molar-refractivity contribution in [2.24, 2.45) is 5.89 Å². The first-order chi connectivity index (χ1) is 20.3. The van der Waals surface area contributed by atoms with Crippen LogP contribution in [-0.2, 0) is 0 Å². The van der Waals surface area contributed by atoms with Gasteiger partial charge in [-0.25, -0.2) is 4.79 Å². The molecule has 2 amide bonds. The van der Waals surface area contributed by atoms with E-state index in [9.17, 15) is 4.79 Å². The number of rotatable bonds is 5. The SMILES string of the molecule is [2H]C([2H])([2H])N(C(=O)NC1([2H])C([2H])([2H])C([2H])([2H])C([2H])(CC([2H])([2H])N2CCN(c3cccc(Cl)c3Cl)CC2)C([2H])([2H])C1([2H])[2H])C([2H])([2H])[2H]. The number of anilines is 1. The Labute approximate surface area is 204 Å². The van der Waals surface area contributed by atoms with Gasteiger partial charge in [0, 0.05) is 69.5 Å². The molecule has 156 valence electrons. The van der Waals surface area contributed by atoms with E-state index >= 15 is 0 Å². The summed E-state index contributed by atoms with van der Waals surface area (Å²) in [5.41, 5.74) is 0.553. The molecule has 3 rings (SSSR count). The van der Waals surface area contributed by atoms with E-state index in [-0.39, 0.29) is 36.2 Å². The average Bonchev–Trinajstić information content (AvgIpc) is 2.87. The number of hydrogen-bond acceptors (Lipinski definition) is 3. The molecule has 1 aliphatic carbocycles. The molecule has 5 nitrogen and oxygen atoms in total. The smallest absolute Gasteiger partial charge is 0.317 e. The first-order valence-corrected chi connectivity index (χ1v) is 9.17. The van der Waals surface area contributed by atoms with Crippen molar-refractivity contribution in [1.82, 2.24) is 15.1 Å². The molecule has 2 fully saturated rings. The van der Waals surface area contributed by atoms with Crippen LogP contribution in [0.4, 0.5) is 10.5 Å². The molecular weight excluding hydrogens is 395 g/mol. The number of amides is 2. The van der Waals surface area contributed by atoms with Crippen LogP contribution in [0, 0.1) is 5.89 Å². The van der Waals surface area contributed by atoms with Gasteiger partial charge in [-0.2, -0.15) is 0 Å². The van der Waals surface area contributed by atoms with Gasteiger partial charge in [0.05, 0.1) is 17.1 Å². The third-order valence-electron chi connectivity index (χ3n) is 4.14. The first-order valence-electron chi connectivity index (χ1n) is 17.4. The first kappa shape index (κ1) is 8.16. The highest BCUT2D eigenvalue weighted by Crippen LogP contribution is 2.33. The largest absolute Gasteiger partial charge is 0.368 e. The zero-order valence-corrected chi connectivity index (χ0v) is 16.3. The molecular formula is C21H32Cl2N4O. The van der Waals surface area contributed by atoms with Crippen LogP contribution in [0.25, 0.3) is 0 Å². The minimum Gasteiger partial charge on any atom is -0.368 e. The van der Waals surface area contributed by atoms with E-state index in [4.69, 9.17) is 47.9 Å². The highest BCUT2D eigenvalue weighted by molar-refractivity contribution is 6.43. The Morgan fingerprint density at radius 2 is 2.00 bits per heavy atom. The average molecular weight is 446 g/mol. The van der Waals surface area contributed by atoms with Gasteiger partial charge in [0.15, 0.2) is 0 Å². The summed E-state index contributed by atoms with van der Waals surface area (Å²) in [6.07, 6.45) is -17.6. The Morgan fingerprint density at radius 1 is 1.29 bits per heavy atom. The molecule has 0 unspecified atom stereocenters. The molecule has 1 saturated heterocycles. The van der Waals surface area contributed by atoms with E-state index in [0.717, 1.165) is 4.90 Å². The molecule has 0 aromatic heterocycles. The number of piperazine rings is 1. The molecule has 0 spiro atoms. The topological polar surface area (TPSA) is 38.8 Å². The fourth-order valence-corrected chi connectivity index (χ4v) is 3.10. The monoisotopic (exact) mass is 444 g/mol. The van der Waals surface area contributed by atoms with Gasteiger partial charge < -0.3 is 15.1 Å². The number of benzene rings is 1. The number of nitrogens with one attached hydrogen (secondary N) is 1. The van der Waals surface area contributed by atoms with Crippen molar-refractivity contribution in [2.75, 3.05) is 51.5 Å². The molecule has 1 aromatic rings. The summed E-state index contributed by atoms with van der Waals surface area (Å²) in [6.45, 7) is -10.1. The molecule has 0 radical (unpaired) electrons. The van der Waals surface area contributed by atoms with E-state index in [1.54, 1.807) is 23.1 Å². The molecule has 28 heavy (non-hydrogen) atoms. The van der Waals surface area contributed by atoms with Crippen molar-refractivity contribution in [2.45, 2.75) is 37.9 Å². The second-order valence-corrected chi connectivity index (χ2v) is 6.79. The number of nitrogens with zero attached hydrogens (tertiary/aromatic N) is 3. The van der Waals surface area contributed by atoms with Gasteiger partial charge >= 0.3 is 6.03 Å². The van der Waals surface area contributed by atoms with Crippen LogP contribution >= 0.6 is 23.2 Å². The van der Waals surface area contributed by atoms with Gasteiger partial charge in [-0.3, -0.25) is 4.90 Å². The van der Waals surface area contributed by atoms with Gasteiger partial charge in [0.2, 0.25) is 0 Å². The lowest BCUT2D eigenvalue weighted by atomic mass is 9.84. The Bertz CT molecular complexity index is 1290. The third kappa shape index (κ3) is 5.68. The van der Waals surface area contributed by atoms with Gasteiger partial charge in [0.25, 0.3) is 0 Å². The van der Waals surface area contributed by atoms with Crippen molar-refractivity contribution in [3.63, 3.8) is 0 Å². The maximum absolute atomic E-state index is 12.9. The fraction of sp³-hybridized carbons (Fsp3) is 0.667. The third-order valence-corrected chi connectivity index (χ3v) is 4.95. The van der Waals surface area contributed by atoms with E-state index < -0.39 is 75.2 Å². The van der Waals surface area contributed by atoms with E-state index in [1.165, 1.54) is 5.32 Å². The van der Waals surface area contributed by atoms with Crippen LogP contribution in [0.1, 0.15) is 56.6 Å². The van der Waals surface area contributed by atoms with Crippen LogP contribution in [0.5, 0.6) is 0 Å². The zero-order chi connectivity index (χ0) is 35.9. The second-order valence-electron chi connectivity index (χ2n) is 6.00. The molecule has 1 saturated carbocycles. The summed E-state index contributed by atoms with van der Waals surface area (Å²) in [5.74, 6) is -3.63. The van der Waals surface area contributed by atoms with E-state index in [1.807, 2.05) is 0 Å². The molecule has 1 aromatic carbocycles. The predicted octanol–water partition coefficient (Wildman–Crippen LogP) is 4.34. The minimum absolute atomic E-state index is 0.0732. The van der Waals surface area contributed by atoms with Gasteiger partial charge in [0.1, 0.15) is 0 Å². The Morgan fingerprint density at radius 3 is 2.68 bits per heavy atom. The maximum Gasteiger partial charge on any atom is 0.317 e. The van der Waals surface area contributed by atoms with Crippen molar-refractivity contribution in [1.29, 1.82) is 0 Å². The lowest BCUT2D eigenvalue weighted by molar-refractivity contribution is 0.194. The number of carbonyl (C=O) groups is 1. The van der Waals surface area contributed by atoms with Crippen LogP contribution in [0.2, 0.25) is 10.0 Å². The van der Waals surface area contributed by atoms with Crippen molar-refractivity contribution < 1.29 is 29.5 Å². The standard InChI is InChI=1S/C21H32Cl2N4O/c1-25(2)21(28)24-17-8-6-16(7-9-17)10-11-26-12-14-27(15-13-26)19-5-3-4-18(22)20(19)23/h3-5,16-17H,6-15H2,1-2H3,(H,24,28)/i1D3,2D3,6D2,7D2,8D2,9D2,11D2,16D,17D. The molecule has 1 N–H and O–H groups in total. The number of urea groups is 1. The second kappa shape index (κ2) is 10.0. The number of hydrogen-bond donors (Lipinski definition) is 1. The Balaban J connectivity index is 2.01. The summed E-state index contributed by atoms with van der Waals surface area (Å²) in [6, 6.07) is -1.41. The van der Waals surface area contributed by atoms with Crippen molar-refractivity contribution >= 4 is 34.9 Å². The maximum atomic E-state index is 12.9. The highest BCUT2D eigenvalue weighted by Gasteiger charge is 2.24. The summed E-state index contributed by atoms with van der Waals surface area (Å²) in [7, 11) is 0. The molecule has 0 bridgehead atoms. The predicted molar refractivity (Wildman–Crippen MR) is 118 cm³/mol. The van der Waals surface area contributed by atoms with Crippen LogP contribution in [-0.4, -0.2) is 68.5 Å². The van der Waals surface area contributed by atoms with Crippen LogP contribution in [0.3, 0.4) is 0 Å². The molecule has 1 aliphatic heterocycles. The molecule has 0 atom stereocenters. The summed E-state index contributed by atoms with van der Waals surface area (Å²) < 4.78 is 148. The lowest BCUT2D eigenvalue weighted by Crippen LogP contribution is -2.47. The molecule has 1 heterocycles. The Hall–Kier alpha value is -1.17. The van der Waals surface area contributed by atoms with Crippen molar-refractivity contribution in [3.05, 3.63) is 28.2 Å². The normalized spacial score (nSPS) is 46.9. The summed E-state index contributed by atoms with van der Waals surface area (Å²) in [4.78, 5) is 15.1. The van der Waals surface area contributed by atoms with Gasteiger partial charge in [-0.05, 0) is 56.4 Å². The molecule has 2 aliphatic rings. The highest BCUT2D eigenvalue weighted by atomic mass is 35.5. The zero-order valence-electron chi connectivity index (χ0n) is 32.8. The Kier molecular flexibility index (Phi) is 2.93. The van der Waals surface area contributed by atoms with E-state index in [2.05, 4.69) is 0 Å². The number of halogens is 2. The summed E-state index contributed by atoms with van der Waals surface area (Å²) >= 11 is 12.4. The lowest BCUT2D eigenvalue weighted by Gasteiger charge is -2.37. The van der Waals surface area contributed by atoms with Crippen LogP contribution < -0.4 is 10.2 Å². The minimum atomic E-state index is -4.10. The van der Waals surface area contributed by atoms with Crippen molar-refractivity contribution in [3.8, 4) is 0 Å². The quantitative estimate of drug-likeness (QED) is 0.733. The number of carbonyl (C=O) groups excluding carboxylic acids is 1. The fourth-order valence-electron chi connectivity index (χ4n) is 2.69. The van der Waals surface area contributed by atoms with Gasteiger partial charge in [-0.1, -0.05) is 29.3 Å². The molecule has 7 heteroatoms. The van der Waals surface area contributed by atoms with E-state index in [0.29, 0.717) is 5.69 Å². The summed E-state index contributed by atoms with van der Waals surface area (Å²) in [5, 5.41) is 1.82.